The first-order valence-electron chi connectivity index (χ1n) is 10.7. The van der Waals surface area contributed by atoms with Gasteiger partial charge in [0.25, 0.3) is 5.56 Å². The summed E-state index contributed by atoms with van der Waals surface area (Å²) in [5.41, 5.74) is 5.23. The lowest BCUT2D eigenvalue weighted by Crippen LogP contribution is -2.19. The monoisotopic (exact) mass is 570 g/mol. The van der Waals surface area contributed by atoms with Gasteiger partial charge in [0.05, 0.1) is 27.5 Å². The Bertz CT molecular complexity index is 2090. The second-order valence-electron chi connectivity index (χ2n) is 8.58. The van der Waals surface area contributed by atoms with Crippen LogP contribution in [0.3, 0.4) is 0 Å². The highest BCUT2D eigenvalue weighted by Gasteiger charge is 2.33. The van der Waals surface area contributed by atoms with Crippen LogP contribution in [0.2, 0.25) is 0 Å². The molecule has 0 saturated heterocycles. The highest BCUT2D eigenvalue weighted by atomic mass is 79.9. The van der Waals surface area contributed by atoms with Crippen molar-refractivity contribution in [1.29, 1.82) is 0 Å². The van der Waals surface area contributed by atoms with E-state index in [9.17, 15) is 9.90 Å². The molecule has 0 saturated carbocycles. The molecular formula is C26H12Br2N4O2. The molecule has 8 heteroatoms. The summed E-state index contributed by atoms with van der Waals surface area (Å²) < 4.78 is 5.04. The molecule has 0 radical (unpaired) electrons. The lowest BCUT2D eigenvalue weighted by atomic mass is 9.90. The minimum Gasteiger partial charge on any atom is -0.369 e. The summed E-state index contributed by atoms with van der Waals surface area (Å²) in [6.45, 7) is 0. The molecule has 3 aromatic heterocycles. The van der Waals surface area contributed by atoms with E-state index in [4.69, 9.17) is 9.97 Å². The van der Waals surface area contributed by atoms with Crippen LogP contribution in [-0.4, -0.2) is 24.0 Å². The Labute approximate surface area is 207 Å². The van der Waals surface area contributed by atoms with Crippen molar-refractivity contribution in [2.24, 2.45) is 0 Å². The van der Waals surface area contributed by atoms with Gasteiger partial charge in [-0.25, -0.2) is 9.97 Å². The number of aromatic nitrogens is 4. The molecule has 1 aliphatic rings. The third-order valence-corrected chi connectivity index (χ3v) is 8.19. The van der Waals surface area contributed by atoms with Crippen LogP contribution in [0.4, 0.5) is 0 Å². The SMILES string of the molecule is O=c1c2cc(Br)c3c4c(cc(Br)c(c42)c2nc4ccccc4n12)-c1nc2ccccc2n1C3O. The average Bonchev–Trinajstić information content (AvgIpc) is 3.41. The summed E-state index contributed by atoms with van der Waals surface area (Å²) in [7, 11) is 0. The molecule has 7 aromatic rings. The van der Waals surface area contributed by atoms with Gasteiger partial charge < -0.3 is 5.11 Å². The number of pyridine rings is 1. The van der Waals surface area contributed by atoms with Crippen molar-refractivity contribution in [3.05, 3.63) is 85.5 Å². The number of halogens is 2. The Morgan fingerprint density at radius 2 is 1.53 bits per heavy atom. The van der Waals surface area contributed by atoms with E-state index in [1.54, 1.807) is 4.40 Å². The number of rotatable bonds is 0. The van der Waals surface area contributed by atoms with Crippen LogP contribution in [0.25, 0.3) is 60.6 Å². The zero-order chi connectivity index (χ0) is 22.9. The average molecular weight is 572 g/mol. The molecule has 34 heavy (non-hydrogen) atoms. The molecule has 4 heterocycles. The van der Waals surface area contributed by atoms with E-state index in [2.05, 4.69) is 31.9 Å². The van der Waals surface area contributed by atoms with Gasteiger partial charge in [-0.15, -0.1) is 0 Å². The van der Waals surface area contributed by atoms with E-state index in [1.165, 1.54) is 0 Å². The maximum absolute atomic E-state index is 13.8. The topological polar surface area (TPSA) is 72.4 Å². The van der Waals surface area contributed by atoms with Crippen LogP contribution >= 0.6 is 31.9 Å². The molecule has 4 aromatic carbocycles. The molecule has 1 N–H and O–H groups in total. The lowest BCUT2D eigenvalue weighted by Gasteiger charge is -2.27. The van der Waals surface area contributed by atoms with Gasteiger partial charge in [0.2, 0.25) is 0 Å². The standard InChI is InChI=1S/C26H12Br2N4O2/c27-13-9-11-19-20-12(25(33)32-18-8-4-2-6-16(18)30-24(32)21(13)20)10-14(28)22(19)26(34)31-17-7-3-1-5-15(17)29-23(11)31/h1-10,26,34H. The first kappa shape index (κ1) is 19.0. The van der Waals surface area contributed by atoms with Gasteiger partial charge in [0.1, 0.15) is 11.5 Å². The minimum atomic E-state index is -0.955. The molecule has 0 fully saturated rings. The fraction of sp³-hybridized carbons (Fsp3) is 0.0385. The van der Waals surface area contributed by atoms with Crippen molar-refractivity contribution in [2.45, 2.75) is 6.23 Å². The van der Waals surface area contributed by atoms with Gasteiger partial charge >= 0.3 is 0 Å². The number of hydrogen-bond acceptors (Lipinski definition) is 4. The van der Waals surface area contributed by atoms with E-state index in [0.717, 1.165) is 53.8 Å². The number of para-hydroxylation sites is 4. The molecule has 162 valence electrons. The molecule has 1 atom stereocenters. The van der Waals surface area contributed by atoms with E-state index in [-0.39, 0.29) is 5.56 Å². The van der Waals surface area contributed by atoms with Crippen molar-refractivity contribution in [2.75, 3.05) is 0 Å². The number of aliphatic hydroxyl groups is 1. The summed E-state index contributed by atoms with van der Waals surface area (Å²) in [6, 6.07) is 19.3. The number of imidazole rings is 2. The summed E-state index contributed by atoms with van der Waals surface area (Å²) in [6.07, 6.45) is -0.955. The van der Waals surface area contributed by atoms with Crippen LogP contribution in [0.5, 0.6) is 0 Å². The first-order chi connectivity index (χ1) is 16.5. The maximum Gasteiger partial charge on any atom is 0.264 e. The van der Waals surface area contributed by atoms with Crippen LogP contribution in [0, 0.1) is 0 Å². The van der Waals surface area contributed by atoms with E-state index in [1.807, 2.05) is 65.2 Å². The molecule has 0 spiro atoms. The van der Waals surface area contributed by atoms with Gasteiger partial charge in [-0.3, -0.25) is 13.8 Å². The van der Waals surface area contributed by atoms with Crippen molar-refractivity contribution >= 4 is 81.1 Å². The highest BCUT2D eigenvalue weighted by Crippen LogP contribution is 2.49. The molecule has 8 rings (SSSR count). The van der Waals surface area contributed by atoms with Crippen molar-refractivity contribution in [3.63, 3.8) is 0 Å². The van der Waals surface area contributed by atoms with Crippen molar-refractivity contribution in [1.82, 2.24) is 18.9 Å². The molecular weight excluding hydrogens is 560 g/mol. The van der Waals surface area contributed by atoms with E-state index < -0.39 is 6.23 Å². The number of benzene rings is 4. The van der Waals surface area contributed by atoms with E-state index in [0.29, 0.717) is 21.3 Å². The number of hydrogen-bond donors (Lipinski definition) is 1. The van der Waals surface area contributed by atoms with Crippen LogP contribution in [-0.2, 0) is 0 Å². The number of fused-ring (bicyclic) bond motifs is 8. The zero-order valence-corrected chi connectivity index (χ0v) is 20.4. The molecule has 0 amide bonds. The Kier molecular flexibility index (Phi) is 3.47. The smallest absolute Gasteiger partial charge is 0.264 e. The van der Waals surface area contributed by atoms with Crippen molar-refractivity contribution in [3.8, 4) is 11.4 Å². The van der Waals surface area contributed by atoms with Gasteiger partial charge in [-0.2, -0.15) is 0 Å². The highest BCUT2D eigenvalue weighted by molar-refractivity contribution is 9.11. The van der Waals surface area contributed by atoms with Gasteiger partial charge in [-0.05, 0) is 52.3 Å². The third-order valence-electron chi connectivity index (χ3n) is 6.90. The minimum absolute atomic E-state index is 0.138. The zero-order valence-electron chi connectivity index (χ0n) is 17.3. The fourth-order valence-electron chi connectivity index (χ4n) is 5.54. The normalized spacial score (nSPS) is 15.3. The second kappa shape index (κ2) is 6.21. The predicted molar refractivity (Wildman–Crippen MR) is 140 cm³/mol. The van der Waals surface area contributed by atoms with Gasteiger partial charge in [-0.1, -0.05) is 40.2 Å². The van der Waals surface area contributed by atoms with Gasteiger partial charge in [0, 0.05) is 36.2 Å². The molecule has 6 nitrogen and oxygen atoms in total. The second-order valence-corrected chi connectivity index (χ2v) is 10.3. The van der Waals surface area contributed by atoms with E-state index >= 15 is 0 Å². The van der Waals surface area contributed by atoms with Gasteiger partial charge in [0.15, 0.2) is 6.23 Å². The molecule has 1 unspecified atom stereocenters. The van der Waals surface area contributed by atoms with Crippen LogP contribution in [0.15, 0.2) is 74.4 Å². The lowest BCUT2D eigenvalue weighted by molar-refractivity contribution is 0.152. The summed E-state index contributed by atoms with van der Waals surface area (Å²) in [5, 5.41) is 14.6. The predicted octanol–water partition coefficient (Wildman–Crippen LogP) is 5.99. The summed E-state index contributed by atoms with van der Waals surface area (Å²) in [5.74, 6) is 0.670. The Morgan fingerprint density at radius 1 is 0.824 bits per heavy atom. The first-order valence-corrected chi connectivity index (χ1v) is 12.3. The van der Waals surface area contributed by atoms with Crippen LogP contribution < -0.4 is 5.56 Å². The Hall–Kier alpha value is -3.33. The molecule has 0 bridgehead atoms. The third kappa shape index (κ3) is 2.08. The van der Waals surface area contributed by atoms with Crippen LogP contribution in [0.1, 0.15) is 11.8 Å². The molecule has 0 aliphatic carbocycles. The summed E-state index contributed by atoms with van der Waals surface area (Å²) in [4.78, 5) is 23.5. The number of aliphatic hydroxyl groups excluding tert-OH is 1. The quantitative estimate of drug-likeness (QED) is 0.243. The Morgan fingerprint density at radius 3 is 2.32 bits per heavy atom. The largest absolute Gasteiger partial charge is 0.369 e. The summed E-state index contributed by atoms with van der Waals surface area (Å²) >= 11 is 7.46. The Balaban J connectivity index is 1.69. The number of nitrogens with zero attached hydrogens (tertiary/aromatic N) is 4. The fourth-order valence-corrected chi connectivity index (χ4v) is 6.78. The van der Waals surface area contributed by atoms with Crippen molar-refractivity contribution < 1.29 is 5.11 Å². The molecule has 1 aliphatic heterocycles. The maximum atomic E-state index is 13.8.